The molecule has 0 saturated heterocycles. The lowest BCUT2D eigenvalue weighted by molar-refractivity contribution is 0.210. The van der Waals surface area contributed by atoms with Crippen LogP contribution in [0.3, 0.4) is 0 Å². The first-order chi connectivity index (χ1) is 14.5. The number of hydrogen-bond donors (Lipinski definition) is 2. The molecule has 1 unspecified atom stereocenters. The smallest absolute Gasteiger partial charge is 0.191 e. The molecule has 0 spiro atoms. The second kappa shape index (κ2) is 10.5. The number of benzene rings is 1. The number of nitrogens with one attached hydrogen (secondary N) is 2. The van der Waals surface area contributed by atoms with Crippen LogP contribution in [0.1, 0.15) is 55.1 Å². The van der Waals surface area contributed by atoms with Crippen molar-refractivity contribution in [2.24, 2.45) is 12.0 Å². The summed E-state index contributed by atoms with van der Waals surface area (Å²) < 4.78 is 8.00. The third-order valence-electron chi connectivity index (χ3n) is 6.01. The van der Waals surface area contributed by atoms with Gasteiger partial charge in [0.1, 0.15) is 5.75 Å². The number of nitrogens with zero attached hydrogens (tertiary/aromatic N) is 3. The molecule has 6 nitrogen and oxygen atoms in total. The minimum absolute atomic E-state index is 0.268. The maximum Gasteiger partial charge on any atom is 0.191 e. The molecule has 3 rings (SSSR count). The molecule has 1 aliphatic rings. The molecular weight excluding hydrogens is 374 g/mol. The van der Waals surface area contributed by atoms with E-state index in [0.29, 0.717) is 6.10 Å². The Balaban J connectivity index is 1.42. The van der Waals surface area contributed by atoms with E-state index in [1.54, 1.807) is 0 Å². The Labute approximate surface area is 181 Å². The fraction of sp³-hybridized carbons (Fsp3) is 0.583. The van der Waals surface area contributed by atoms with Crippen molar-refractivity contribution in [1.82, 2.24) is 20.4 Å². The summed E-state index contributed by atoms with van der Waals surface area (Å²) >= 11 is 0. The molecule has 1 fully saturated rings. The van der Waals surface area contributed by atoms with Crippen molar-refractivity contribution in [3.63, 3.8) is 0 Å². The van der Waals surface area contributed by atoms with Crippen LogP contribution in [0.25, 0.3) is 0 Å². The van der Waals surface area contributed by atoms with E-state index in [1.807, 2.05) is 18.8 Å². The van der Waals surface area contributed by atoms with Crippen molar-refractivity contribution in [3.8, 4) is 5.75 Å². The fourth-order valence-corrected chi connectivity index (χ4v) is 4.16. The van der Waals surface area contributed by atoms with Crippen LogP contribution >= 0.6 is 0 Å². The maximum atomic E-state index is 6.05. The Morgan fingerprint density at radius 2 is 1.93 bits per heavy atom. The van der Waals surface area contributed by atoms with E-state index < -0.39 is 0 Å². The first kappa shape index (κ1) is 22.2. The second-order valence-electron chi connectivity index (χ2n) is 8.44. The molecule has 1 aromatic carbocycles. The molecular formula is C24H37N5O. The number of aliphatic imine (C=N–C) groups is 1. The van der Waals surface area contributed by atoms with E-state index in [0.717, 1.165) is 36.8 Å². The molecule has 1 saturated carbocycles. The lowest BCUT2D eigenvalue weighted by Gasteiger charge is -2.18. The van der Waals surface area contributed by atoms with Gasteiger partial charge in [0.25, 0.3) is 0 Å². The van der Waals surface area contributed by atoms with Crippen LogP contribution in [0.15, 0.2) is 29.3 Å². The fourth-order valence-electron chi connectivity index (χ4n) is 4.16. The van der Waals surface area contributed by atoms with E-state index >= 15 is 0 Å². The summed E-state index contributed by atoms with van der Waals surface area (Å²) in [5.74, 6) is 1.83. The molecule has 0 radical (unpaired) electrons. The van der Waals surface area contributed by atoms with Crippen LogP contribution in [0.2, 0.25) is 0 Å². The molecule has 1 aromatic heterocycles. The lowest BCUT2D eigenvalue weighted by Crippen LogP contribution is -2.43. The monoisotopic (exact) mass is 411 g/mol. The minimum Gasteiger partial charge on any atom is -0.490 e. The molecule has 1 aliphatic carbocycles. The quantitative estimate of drug-likeness (QED) is 0.514. The molecule has 2 aromatic rings. The summed E-state index contributed by atoms with van der Waals surface area (Å²) in [6, 6.07) is 8.80. The average molecular weight is 412 g/mol. The van der Waals surface area contributed by atoms with E-state index in [2.05, 4.69) is 65.8 Å². The van der Waals surface area contributed by atoms with Crippen LogP contribution in [0.5, 0.6) is 5.75 Å². The summed E-state index contributed by atoms with van der Waals surface area (Å²) in [7, 11) is 3.82. The SMILES string of the molecule is CN=C(NCCc1ccc(OC2CCCC2)cc1)NC(C)Cc1c(C)nn(C)c1C. The molecule has 164 valence electrons. The Kier molecular flexibility index (Phi) is 7.77. The molecule has 2 N–H and O–H groups in total. The zero-order valence-electron chi connectivity index (χ0n) is 19.2. The van der Waals surface area contributed by atoms with E-state index in [9.17, 15) is 0 Å². The van der Waals surface area contributed by atoms with Crippen molar-refractivity contribution >= 4 is 5.96 Å². The first-order valence-electron chi connectivity index (χ1n) is 11.2. The van der Waals surface area contributed by atoms with Gasteiger partial charge in [-0.3, -0.25) is 9.67 Å². The molecule has 1 heterocycles. The summed E-state index contributed by atoms with van der Waals surface area (Å²) in [4.78, 5) is 4.38. The van der Waals surface area contributed by atoms with Gasteiger partial charge >= 0.3 is 0 Å². The number of hydrogen-bond acceptors (Lipinski definition) is 3. The molecule has 0 amide bonds. The normalized spacial score (nSPS) is 16.0. The van der Waals surface area contributed by atoms with Gasteiger partial charge in [0.2, 0.25) is 0 Å². The highest BCUT2D eigenvalue weighted by molar-refractivity contribution is 5.79. The van der Waals surface area contributed by atoms with Crippen molar-refractivity contribution in [3.05, 3.63) is 46.8 Å². The van der Waals surface area contributed by atoms with Gasteiger partial charge in [-0.1, -0.05) is 12.1 Å². The van der Waals surface area contributed by atoms with Gasteiger partial charge in [-0.15, -0.1) is 0 Å². The average Bonchev–Trinajstić information content (AvgIpc) is 3.32. The maximum absolute atomic E-state index is 6.05. The zero-order valence-corrected chi connectivity index (χ0v) is 19.2. The third-order valence-corrected chi connectivity index (χ3v) is 6.01. The standard InChI is InChI=1S/C24H37N5O/c1-17(16-23-18(2)28-29(5)19(23)3)27-24(25-4)26-15-14-20-10-12-22(13-11-20)30-21-8-6-7-9-21/h10-13,17,21H,6-9,14-16H2,1-5H3,(H2,25,26,27). The predicted molar refractivity (Wildman–Crippen MR) is 123 cm³/mol. The number of guanidine groups is 1. The zero-order chi connectivity index (χ0) is 21.5. The van der Waals surface area contributed by atoms with E-state index in [4.69, 9.17) is 4.74 Å². The minimum atomic E-state index is 0.268. The van der Waals surface area contributed by atoms with E-state index in [1.165, 1.54) is 42.5 Å². The van der Waals surface area contributed by atoms with Gasteiger partial charge in [0.15, 0.2) is 5.96 Å². The number of ether oxygens (including phenoxy) is 1. The lowest BCUT2D eigenvalue weighted by atomic mass is 10.1. The van der Waals surface area contributed by atoms with Gasteiger partial charge in [-0.05, 0) is 82.6 Å². The van der Waals surface area contributed by atoms with Gasteiger partial charge < -0.3 is 15.4 Å². The van der Waals surface area contributed by atoms with E-state index in [-0.39, 0.29) is 6.04 Å². The van der Waals surface area contributed by atoms with Crippen molar-refractivity contribution in [2.45, 2.75) is 71.4 Å². The second-order valence-corrected chi connectivity index (χ2v) is 8.44. The topological polar surface area (TPSA) is 63.5 Å². The Hall–Kier alpha value is -2.50. The van der Waals surface area contributed by atoms with Crippen molar-refractivity contribution in [1.29, 1.82) is 0 Å². The Morgan fingerprint density at radius 3 is 2.53 bits per heavy atom. The highest BCUT2D eigenvalue weighted by Gasteiger charge is 2.16. The van der Waals surface area contributed by atoms with Crippen LogP contribution in [0, 0.1) is 13.8 Å². The van der Waals surface area contributed by atoms with Gasteiger partial charge in [0, 0.05) is 32.4 Å². The highest BCUT2D eigenvalue weighted by atomic mass is 16.5. The molecule has 30 heavy (non-hydrogen) atoms. The summed E-state index contributed by atoms with van der Waals surface area (Å²) in [5, 5.41) is 11.4. The predicted octanol–water partition coefficient (Wildman–Crippen LogP) is 3.70. The molecule has 0 aliphatic heterocycles. The molecule has 1 atom stereocenters. The summed E-state index contributed by atoms with van der Waals surface area (Å²) in [6.07, 6.45) is 7.25. The third kappa shape index (κ3) is 6.00. The van der Waals surface area contributed by atoms with Gasteiger partial charge in [-0.25, -0.2) is 0 Å². The highest BCUT2D eigenvalue weighted by Crippen LogP contribution is 2.24. The summed E-state index contributed by atoms with van der Waals surface area (Å²) in [5.41, 5.74) is 4.94. The van der Waals surface area contributed by atoms with Gasteiger partial charge in [-0.2, -0.15) is 5.10 Å². The number of aromatic nitrogens is 2. The van der Waals surface area contributed by atoms with Crippen LogP contribution < -0.4 is 15.4 Å². The molecule has 6 heteroatoms. The van der Waals surface area contributed by atoms with Crippen LogP contribution in [-0.2, 0) is 19.9 Å². The van der Waals surface area contributed by atoms with Crippen LogP contribution in [0.4, 0.5) is 0 Å². The van der Waals surface area contributed by atoms with Gasteiger partial charge in [0.05, 0.1) is 11.8 Å². The molecule has 0 bridgehead atoms. The number of aryl methyl sites for hydroxylation is 2. The van der Waals surface area contributed by atoms with Crippen molar-refractivity contribution < 1.29 is 4.74 Å². The Bertz CT molecular complexity index is 834. The Morgan fingerprint density at radius 1 is 1.23 bits per heavy atom. The first-order valence-corrected chi connectivity index (χ1v) is 11.2. The summed E-state index contributed by atoms with van der Waals surface area (Å²) in [6.45, 7) is 7.22. The van der Waals surface area contributed by atoms with Crippen LogP contribution in [-0.4, -0.2) is 41.5 Å². The number of rotatable bonds is 8. The largest absolute Gasteiger partial charge is 0.490 e. The van der Waals surface area contributed by atoms with Crippen molar-refractivity contribution in [2.75, 3.05) is 13.6 Å².